The third-order valence-electron chi connectivity index (χ3n) is 3.10. The van der Waals surface area contributed by atoms with Crippen molar-refractivity contribution < 1.29 is 18.7 Å². The van der Waals surface area contributed by atoms with E-state index < -0.39 is 11.7 Å². The Bertz CT molecular complexity index is 753. The summed E-state index contributed by atoms with van der Waals surface area (Å²) in [6.45, 7) is 1.33. The summed E-state index contributed by atoms with van der Waals surface area (Å²) in [7, 11) is 1.55. The monoisotopic (exact) mass is 328 g/mol. The van der Waals surface area contributed by atoms with E-state index in [2.05, 4.69) is 10.6 Å². The molecule has 0 aliphatic carbocycles. The predicted octanol–water partition coefficient (Wildman–Crippen LogP) is 2.95. The van der Waals surface area contributed by atoms with Crippen LogP contribution in [0.3, 0.4) is 0 Å². The topological polar surface area (TPSA) is 67.4 Å². The fourth-order valence-electron chi connectivity index (χ4n) is 1.99. The molecule has 5 nitrogen and oxygen atoms in total. The van der Waals surface area contributed by atoms with Crippen molar-refractivity contribution in [1.29, 1.82) is 0 Å². The molecule has 0 heterocycles. The van der Waals surface area contributed by atoms with Gasteiger partial charge in [0, 0.05) is 18.7 Å². The fraction of sp³-hybridized carbons (Fsp3) is 0.111. The Morgan fingerprint density at radius 3 is 2.21 bits per heavy atom. The highest BCUT2D eigenvalue weighted by molar-refractivity contribution is 6.05. The van der Waals surface area contributed by atoms with Crippen molar-refractivity contribution >= 4 is 23.2 Å². The Kier molecular flexibility index (Phi) is 5.68. The van der Waals surface area contributed by atoms with E-state index in [4.69, 9.17) is 4.74 Å². The average molecular weight is 328 g/mol. The van der Waals surface area contributed by atoms with Gasteiger partial charge >= 0.3 is 0 Å². The first-order valence-corrected chi connectivity index (χ1v) is 7.18. The van der Waals surface area contributed by atoms with E-state index in [0.29, 0.717) is 17.0 Å². The van der Waals surface area contributed by atoms with Crippen LogP contribution in [0.5, 0.6) is 5.75 Å². The van der Waals surface area contributed by atoms with Crippen molar-refractivity contribution in [3.05, 3.63) is 66.0 Å². The normalized spacial score (nSPS) is 10.9. The molecule has 0 bridgehead atoms. The van der Waals surface area contributed by atoms with E-state index in [1.165, 1.54) is 37.3 Å². The molecule has 2 aromatic rings. The zero-order valence-corrected chi connectivity index (χ0v) is 13.3. The Labute approximate surface area is 139 Å². The van der Waals surface area contributed by atoms with Gasteiger partial charge in [-0.2, -0.15) is 0 Å². The van der Waals surface area contributed by atoms with E-state index >= 15 is 0 Å². The van der Waals surface area contributed by atoms with Gasteiger partial charge < -0.3 is 15.4 Å². The molecule has 0 saturated carbocycles. The van der Waals surface area contributed by atoms with Crippen LogP contribution in [0.15, 0.2) is 54.6 Å². The number of hydrogen-bond acceptors (Lipinski definition) is 3. The van der Waals surface area contributed by atoms with Crippen molar-refractivity contribution in [3.8, 4) is 5.75 Å². The van der Waals surface area contributed by atoms with Crippen LogP contribution in [0.2, 0.25) is 0 Å². The van der Waals surface area contributed by atoms with Gasteiger partial charge in [0.2, 0.25) is 11.8 Å². The standard InChI is InChI=1S/C18H17FN2O3/c1-12(22)20-17(13-3-5-14(19)6-4-13)11-18(23)21-15-7-9-16(24-2)10-8-15/h3-11H,1-2H3,(H,20,22)(H,21,23). The summed E-state index contributed by atoms with van der Waals surface area (Å²) in [6, 6.07) is 12.3. The average Bonchev–Trinajstić information content (AvgIpc) is 2.55. The first kappa shape index (κ1) is 17.2. The fourth-order valence-corrected chi connectivity index (χ4v) is 1.99. The van der Waals surface area contributed by atoms with Crippen LogP contribution in [0, 0.1) is 5.82 Å². The Balaban J connectivity index is 2.19. The first-order chi connectivity index (χ1) is 11.5. The van der Waals surface area contributed by atoms with E-state index in [1.807, 2.05) is 0 Å². The molecule has 6 heteroatoms. The van der Waals surface area contributed by atoms with Gasteiger partial charge in [0.15, 0.2) is 0 Å². The van der Waals surface area contributed by atoms with Crippen molar-refractivity contribution in [1.82, 2.24) is 5.32 Å². The van der Waals surface area contributed by atoms with Crippen molar-refractivity contribution in [2.75, 3.05) is 12.4 Å². The molecular weight excluding hydrogens is 311 g/mol. The van der Waals surface area contributed by atoms with Crippen LogP contribution in [-0.4, -0.2) is 18.9 Å². The van der Waals surface area contributed by atoms with Gasteiger partial charge in [-0.3, -0.25) is 9.59 Å². The lowest BCUT2D eigenvalue weighted by Gasteiger charge is -2.09. The minimum Gasteiger partial charge on any atom is -0.497 e. The Morgan fingerprint density at radius 1 is 1.04 bits per heavy atom. The van der Waals surface area contributed by atoms with Crippen LogP contribution >= 0.6 is 0 Å². The summed E-state index contributed by atoms with van der Waals surface area (Å²) in [5.41, 5.74) is 1.39. The van der Waals surface area contributed by atoms with Crippen LogP contribution < -0.4 is 15.4 Å². The number of amides is 2. The minimum atomic E-state index is -0.423. The number of anilines is 1. The summed E-state index contributed by atoms with van der Waals surface area (Å²) in [6.07, 6.45) is 1.25. The van der Waals surface area contributed by atoms with Gasteiger partial charge in [0.1, 0.15) is 11.6 Å². The predicted molar refractivity (Wildman–Crippen MR) is 89.8 cm³/mol. The number of benzene rings is 2. The molecule has 124 valence electrons. The second kappa shape index (κ2) is 7.92. The van der Waals surface area contributed by atoms with E-state index in [-0.39, 0.29) is 11.6 Å². The quantitative estimate of drug-likeness (QED) is 0.829. The van der Waals surface area contributed by atoms with E-state index in [9.17, 15) is 14.0 Å². The lowest BCUT2D eigenvalue weighted by Crippen LogP contribution is -2.20. The highest BCUT2D eigenvalue weighted by Gasteiger charge is 2.08. The molecule has 2 aromatic carbocycles. The number of rotatable bonds is 5. The highest BCUT2D eigenvalue weighted by atomic mass is 19.1. The third kappa shape index (κ3) is 4.95. The molecular formula is C18H17FN2O3. The molecule has 0 aliphatic rings. The molecule has 0 aromatic heterocycles. The Morgan fingerprint density at radius 2 is 1.67 bits per heavy atom. The second-order valence-electron chi connectivity index (χ2n) is 4.96. The zero-order chi connectivity index (χ0) is 17.5. The maximum atomic E-state index is 13.0. The zero-order valence-electron chi connectivity index (χ0n) is 13.3. The van der Waals surface area contributed by atoms with Crippen LogP contribution in [-0.2, 0) is 9.59 Å². The van der Waals surface area contributed by atoms with Crippen molar-refractivity contribution in [2.45, 2.75) is 6.92 Å². The van der Waals surface area contributed by atoms with Gasteiger partial charge in [-0.15, -0.1) is 0 Å². The number of carbonyl (C=O) groups is 2. The third-order valence-corrected chi connectivity index (χ3v) is 3.10. The first-order valence-electron chi connectivity index (χ1n) is 7.18. The summed E-state index contributed by atoms with van der Waals surface area (Å²) in [5.74, 6) is -0.478. The number of ether oxygens (including phenoxy) is 1. The van der Waals surface area contributed by atoms with Gasteiger partial charge in [-0.1, -0.05) is 0 Å². The lowest BCUT2D eigenvalue weighted by molar-refractivity contribution is -0.117. The number of methoxy groups -OCH3 is 1. The molecule has 0 aliphatic heterocycles. The van der Waals surface area contributed by atoms with Gasteiger partial charge in [-0.05, 0) is 54.1 Å². The molecule has 0 atom stereocenters. The van der Waals surface area contributed by atoms with Crippen molar-refractivity contribution in [2.24, 2.45) is 0 Å². The van der Waals surface area contributed by atoms with Gasteiger partial charge in [-0.25, -0.2) is 4.39 Å². The molecule has 24 heavy (non-hydrogen) atoms. The molecule has 2 N–H and O–H groups in total. The van der Waals surface area contributed by atoms with Crippen LogP contribution in [0.25, 0.3) is 5.70 Å². The number of halogens is 1. The van der Waals surface area contributed by atoms with E-state index in [1.54, 1.807) is 31.4 Å². The molecule has 0 unspecified atom stereocenters. The molecule has 2 amide bonds. The Hall–Kier alpha value is -3.15. The summed E-state index contributed by atoms with van der Waals surface area (Å²) < 4.78 is 18.1. The van der Waals surface area contributed by atoms with Crippen LogP contribution in [0.1, 0.15) is 12.5 Å². The summed E-state index contributed by atoms with van der Waals surface area (Å²) >= 11 is 0. The van der Waals surface area contributed by atoms with Gasteiger partial charge in [0.05, 0.1) is 12.8 Å². The summed E-state index contributed by atoms with van der Waals surface area (Å²) in [5, 5.41) is 5.25. The number of hydrogen-bond donors (Lipinski definition) is 2. The molecule has 0 saturated heterocycles. The lowest BCUT2D eigenvalue weighted by atomic mass is 10.1. The van der Waals surface area contributed by atoms with Crippen molar-refractivity contribution in [3.63, 3.8) is 0 Å². The number of nitrogens with one attached hydrogen (secondary N) is 2. The maximum Gasteiger partial charge on any atom is 0.250 e. The summed E-state index contributed by atoms with van der Waals surface area (Å²) in [4.78, 5) is 23.5. The molecule has 0 spiro atoms. The smallest absolute Gasteiger partial charge is 0.250 e. The molecule has 0 fully saturated rings. The van der Waals surface area contributed by atoms with E-state index in [0.717, 1.165) is 0 Å². The second-order valence-corrected chi connectivity index (χ2v) is 4.96. The molecule has 2 rings (SSSR count). The SMILES string of the molecule is COc1ccc(NC(=O)C=C(NC(C)=O)c2ccc(F)cc2)cc1. The molecule has 0 radical (unpaired) electrons. The maximum absolute atomic E-state index is 13.0. The highest BCUT2D eigenvalue weighted by Crippen LogP contribution is 2.16. The van der Waals surface area contributed by atoms with Crippen LogP contribution in [0.4, 0.5) is 10.1 Å². The minimum absolute atomic E-state index is 0.286. The largest absolute Gasteiger partial charge is 0.497 e. The number of carbonyl (C=O) groups excluding carboxylic acids is 2. The van der Waals surface area contributed by atoms with Gasteiger partial charge in [0.25, 0.3) is 0 Å².